The van der Waals surface area contributed by atoms with E-state index < -0.39 is 5.91 Å². The molecule has 1 rings (SSSR count). The van der Waals surface area contributed by atoms with Gasteiger partial charge in [-0.2, -0.15) is 0 Å². The Labute approximate surface area is 112 Å². The van der Waals surface area contributed by atoms with E-state index in [1.807, 2.05) is 13.8 Å². The molecule has 0 spiro atoms. The first kappa shape index (κ1) is 15.1. The van der Waals surface area contributed by atoms with E-state index in [1.54, 1.807) is 0 Å². The summed E-state index contributed by atoms with van der Waals surface area (Å²) in [4.78, 5) is 26.3. The summed E-state index contributed by atoms with van der Waals surface area (Å²) in [5, 5.41) is 2.75. The quantitative estimate of drug-likeness (QED) is 0.710. The van der Waals surface area contributed by atoms with Crippen LogP contribution in [0.3, 0.4) is 0 Å². The number of amides is 2. The molecule has 0 aliphatic rings. The number of aromatic nitrogens is 1. The second-order valence-electron chi connectivity index (χ2n) is 4.33. The Kier molecular flexibility index (Phi) is 5.95. The number of nitrogens with zero attached hydrogens (tertiary/aromatic N) is 1. The fourth-order valence-electron chi connectivity index (χ4n) is 1.37. The van der Waals surface area contributed by atoms with E-state index in [1.165, 1.54) is 18.3 Å². The minimum atomic E-state index is -0.613. The largest absolute Gasteiger partial charge is 0.379 e. The molecule has 0 atom stereocenters. The number of primary amides is 1. The van der Waals surface area contributed by atoms with Crippen molar-refractivity contribution in [1.82, 2.24) is 10.3 Å². The van der Waals surface area contributed by atoms with Gasteiger partial charge in [-0.05, 0) is 32.4 Å². The molecule has 19 heavy (non-hydrogen) atoms. The van der Waals surface area contributed by atoms with Gasteiger partial charge in [0.15, 0.2) is 0 Å². The first-order valence-electron chi connectivity index (χ1n) is 6.16. The van der Waals surface area contributed by atoms with Gasteiger partial charge in [-0.1, -0.05) is 0 Å². The third-order valence-electron chi connectivity index (χ3n) is 2.34. The number of rotatable bonds is 7. The predicted octanol–water partition coefficient (Wildman–Crippen LogP) is 0.725. The monoisotopic (exact) mass is 265 g/mol. The zero-order valence-corrected chi connectivity index (χ0v) is 11.2. The lowest BCUT2D eigenvalue weighted by molar-refractivity contribution is 0.0757. The van der Waals surface area contributed by atoms with E-state index in [0.717, 1.165) is 6.42 Å². The molecule has 0 aromatic carbocycles. The molecular weight excluding hydrogens is 246 g/mol. The first-order chi connectivity index (χ1) is 9.00. The van der Waals surface area contributed by atoms with Crippen LogP contribution in [-0.2, 0) is 4.74 Å². The Balaban J connectivity index is 2.35. The Morgan fingerprint density at radius 3 is 2.68 bits per heavy atom. The number of nitrogens with one attached hydrogen (secondary N) is 1. The van der Waals surface area contributed by atoms with Crippen molar-refractivity contribution >= 4 is 11.8 Å². The van der Waals surface area contributed by atoms with Crippen LogP contribution in [-0.4, -0.2) is 36.1 Å². The van der Waals surface area contributed by atoms with Crippen molar-refractivity contribution in [3.8, 4) is 0 Å². The van der Waals surface area contributed by atoms with Crippen LogP contribution < -0.4 is 11.1 Å². The molecule has 0 saturated heterocycles. The zero-order chi connectivity index (χ0) is 14.3. The van der Waals surface area contributed by atoms with Gasteiger partial charge in [-0.3, -0.25) is 14.6 Å². The van der Waals surface area contributed by atoms with Gasteiger partial charge in [0.1, 0.15) is 5.69 Å². The Bertz CT molecular complexity index is 429. The van der Waals surface area contributed by atoms with Crippen molar-refractivity contribution in [3.05, 3.63) is 29.6 Å². The van der Waals surface area contributed by atoms with Crippen molar-refractivity contribution in [2.24, 2.45) is 5.73 Å². The van der Waals surface area contributed by atoms with Gasteiger partial charge >= 0.3 is 0 Å². The summed E-state index contributed by atoms with van der Waals surface area (Å²) in [6.07, 6.45) is 2.28. The number of pyridine rings is 1. The topological polar surface area (TPSA) is 94.3 Å². The average Bonchev–Trinajstić information content (AvgIpc) is 2.37. The van der Waals surface area contributed by atoms with Crippen LogP contribution >= 0.6 is 0 Å². The lowest BCUT2D eigenvalue weighted by atomic mass is 10.2. The molecule has 0 unspecified atom stereocenters. The lowest BCUT2D eigenvalue weighted by Crippen LogP contribution is -2.26. The number of hydrogen-bond acceptors (Lipinski definition) is 4. The molecule has 104 valence electrons. The fourth-order valence-corrected chi connectivity index (χ4v) is 1.37. The van der Waals surface area contributed by atoms with Gasteiger partial charge in [0, 0.05) is 19.3 Å². The second kappa shape index (κ2) is 7.48. The maximum Gasteiger partial charge on any atom is 0.267 e. The number of carbonyl (C=O) groups excluding carboxylic acids is 2. The number of hydrogen-bond donors (Lipinski definition) is 2. The Morgan fingerprint density at radius 1 is 1.42 bits per heavy atom. The summed E-state index contributed by atoms with van der Waals surface area (Å²) in [7, 11) is 0. The maximum atomic E-state index is 11.7. The molecule has 0 aliphatic heterocycles. The van der Waals surface area contributed by atoms with E-state index in [2.05, 4.69) is 10.3 Å². The smallest absolute Gasteiger partial charge is 0.267 e. The fraction of sp³-hybridized carbons (Fsp3) is 0.462. The zero-order valence-electron chi connectivity index (χ0n) is 11.2. The van der Waals surface area contributed by atoms with Crippen LogP contribution in [0.2, 0.25) is 0 Å². The van der Waals surface area contributed by atoms with Crippen LogP contribution in [0.4, 0.5) is 0 Å². The molecule has 0 bridgehead atoms. The third kappa shape index (κ3) is 5.48. The van der Waals surface area contributed by atoms with Crippen molar-refractivity contribution in [2.75, 3.05) is 13.2 Å². The molecule has 2 amide bonds. The third-order valence-corrected chi connectivity index (χ3v) is 2.34. The summed E-state index contributed by atoms with van der Waals surface area (Å²) < 4.78 is 5.36. The Hall–Kier alpha value is -1.95. The van der Waals surface area contributed by atoms with Crippen LogP contribution in [0.1, 0.15) is 41.1 Å². The molecule has 1 aromatic rings. The standard InChI is InChI=1S/C13H19N3O3/c1-9(2)19-7-3-6-15-13(18)10-4-5-11(12(14)17)16-8-10/h4-5,8-9H,3,6-7H2,1-2H3,(H2,14,17)(H,15,18). The van der Waals surface area contributed by atoms with Gasteiger partial charge in [0.05, 0.1) is 11.7 Å². The van der Waals surface area contributed by atoms with Crippen molar-refractivity contribution in [2.45, 2.75) is 26.4 Å². The molecule has 6 heteroatoms. The predicted molar refractivity (Wildman–Crippen MR) is 70.8 cm³/mol. The maximum absolute atomic E-state index is 11.7. The Morgan fingerprint density at radius 2 is 2.16 bits per heavy atom. The van der Waals surface area contributed by atoms with Crippen molar-refractivity contribution in [3.63, 3.8) is 0 Å². The van der Waals surface area contributed by atoms with E-state index in [-0.39, 0.29) is 17.7 Å². The summed E-state index contributed by atoms with van der Waals surface area (Å²) in [6.45, 7) is 5.06. The highest BCUT2D eigenvalue weighted by atomic mass is 16.5. The molecule has 0 radical (unpaired) electrons. The molecule has 3 N–H and O–H groups in total. The minimum Gasteiger partial charge on any atom is -0.379 e. The molecule has 0 fully saturated rings. The molecular formula is C13H19N3O3. The van der Waals surface area contributed by atoms with Crippen molar-refractivity contribution < 1.29 is 14.3 Å². The van der Waals surface area contributed by atoms with Crippen LogP contribution in [0.25, 0.3) is 0 Å². The van der Waals surface area contributed by atoms with E-state index >= 15 is 0 Å². The summed E-state index contributed by atoms with van der Waals surface area (Å²) in [5.41, 5.74) is 5.60. The molecule has 1 aromatic heterocycles. The number of ether oxygens (including phenoxy) is 1. The van der Waals surface area contributed by atoms with Gasteiger partial charge in [0.2, 0.25) is 0 Å². The van der Waals surface area contributed by atoms with Crippen molar-refractivity contribution in [1.29, 1.82) is 0 Å². The lowest BCUT2D eigenvalue weighted by Gasteiger charge is -2.08. The normalized spacial score (nSPS) is 10.5. The van der Waals surface area contributed by atoms with E-state index in [9.17, 15) is 9.59 Å². The van der Waals surface area contributed by atoms with Gasteiger partial charge < -0.3 is 15.8 Å². The first-order valence-corrected chi connectivity index (χ1v) is 6.16. The number of carbonyl (C=O) groups is 2. The molecule has 0 aliphatic carbocycles. The van der Waals surface area contributed by atoms with Crippen LogP contribution in [0, 0.1) is 0 Å². The van der Waals surface area contributed by atoms with Crippen LogP contribution in [0.5, 0.6) is 0 Å². The van der Waals surface area contributed by atoms with Gasteiger partial charge in [-0.15, -0.1) is 0 Å². The second-order valence-corrected chi connectivity index (χ2v) is 4.33. The average molecular weight is 265 g/mol. The highest BCUT2D eigenvalue weighted by Crippen LogP contribution is 2.00. The highest BCUT2D eigenvalue weighted by molar-refractivity contribution is 5.95. The summed E-state index contributed by atoms with van der Waals surface area (Å²) in [6, 6.07) is 2.95. The van der Waals surface area contributed by atoms with Gasteiger partial charge in [-0.25, -0.2) is 0 Å². The molecule has 1 heterocycles. The highest BCUT2D eigenvalue weighted by Gasteiger charge is 2.07. The number of nitrogens with two attached hydrogens (primary N) is 1. The summed E-state index contributed by atoms with van der Waals surface area (Å²) >= 11 is 0. The van der Waals surface area contributed by atoms with Crippen LogP contribution in [0.15, 0.2) is 18.3 Å². The molecule has 0 saturated carbocycles. The van der Waals surface area contributed by atoms with Gasteiger partial charge in [0.25, 0.3) is 11.8 Å². The minimum absolute atomic E-state index is 0.141. The summed E-state index contributed by atoms with van der Waals surface area (Å²) in [5.74, 6) is -0.842. The molecule has 6 nitrogen and oxygen atoms in total. The van der Waals surface area contributed by atoms with E-state index in [4.69, 9.17) is 10.5 Å². The van der Waals surface area contributed by atoms with E-state index in [0.29, 0.717) is 18.7 Å². The SMILES string of the molecule is CC(C)OCCCNC(=O)c1ccc(C(N)=O)nc1.